The largest absolute Gasteiger partial charge is 0.395 e. The fraction of sp³-hybridized carbons (Fsp3) is 0.556. The Bertz CT molecular complexity index is 503. The van der Waals surface area contributed by atoms with Crippen LogP contribution in [0.2, 0.25) is 0 Å². The second-order valence-electron chi connectivity index (χ2n) is 5.61. The number of benzene rings is 1. The van der Waals surface area contributed by atoms with Crippen molar-refractivity contribution in [3.05, 3.63) is 35.4 Å². The average Bonchev–Trinajstić information content (AvgIpc) is 2.48. The summed E-state index contributed by atoms with van der Waals surface area (Å²) in [6.07, 6.45) is 1.95. The molecule has 1 fully saturated rings. The fourth-order valence-corrected chi connectivity index (χ4v) is 2.68. The molecule has 0 spiro atoms. The zero-order valence-corrected chi connectivity index (χ0v) is 13.0. The first-order chi connectivity index (χ1) is 10.2. The van der Waals surface area contributed by atoms with Gasteiger partial charge in [-0.3, -0.25) is 4.90 Å². The summed E-state index contributed by atoms with van der Waals surface area (Å²) in [7, 11) is 0. The lowest BCUT2D eigenvalue weighted by atomic mass is 10.1. The van der Waals surface area contributed by atoms with Crippen LogP contribution in [0.4, 0.5) is 0 Å². The first kappa shape index (κ1) is 16.0. The third-order valence-corrected chi connectivity index (χ3v) is 3.83. The van der Waals surface area contributed by atoms with Gasteiger partial charge in [-0.1, -0.05) is 30.9 Å². The molecule has 0 amide bonds. The molecule has 2 rings (SSSR count). The van der Waals surface area contributed by atoms with Gasteiger partial charge in [0, 0.05) is 31.1 Å². The molecular formula is C18H25NO2. The number of ether oxygens (including phenoxy) is 1. The number of aliphatic hydroxyl groups excluding tert-OH is 1. The number of nitrogens with zero attached hydrogens (tertiary/aromatic N) is 1. The number of rotatable bonds is 4. The van der Waals surface area contributed by atoms with Gasteiger partial charge in [0.05, 0.1) is 19.3 Å². The maximum atomic E-state index is 8.78. The standard InChI is InChI=1S/C18H25NO2/c1-3-18-14-21-15(2)12-19(18)13-17-9-6-8-16(11-17)7-4-5-10-20/h6,8-9,11,15,18,20H,3,5,10,12-14H2,1-2H3. The summed E-state index contributed by atoms with van der Waals surface area (Å²) in [6, 6.07) is 8.89. The van der Waals surface area contributed by atoms with Crippen LogP contribution < -0.4 is 0 Å². The molecule has 0 aliphatic carbocycles. The fourth-order valence-electron chi connectivity index (χ4n) is 2.68. The van der Waals surface area contributed by atoms with E-state index in [1.54, 1.807) is 0 Å². The molecule has 0 aromatic heterocycles. The Balaban J connectivity index is 2.04. The highest BCUT2D eigenvalue weighted by Crippen LogP contribution is 2.18. The summed E-state index contributed by atoms with van der Waals surface area (Å²) < 4.78 is 5.75. The lowest BCUT2D eigenvalue weighted by Gasteiger charge is -2.38. The van der Waals surface area contributed by atoms with Crippen LogP contribution >= 0.6 is 0 Å². The molecule has 21 heavy (non-hydrogen) atoms. The summed E-state index contributed by atoms with van der Waals surface area (Å²) in [4.78, 5) is 2.51. The molecule has 0 bridgehead atoms. The minimum atomic E-state index is 0.122. The third kappa shape index (κ3) is 4.86. The van der Waals surface area contributed by atoms with Crippen LogP contribution in [0.3, 0.4) is 0 Å². The highest BCUT2D eigenvalue weighted by atomic mass is 16.5. The van der Waals surface area contributed by atoms with E-state index in [9.17, 15) is 0 Å². The van der Waals surface area contributed by atoms with Gasteiger partial charge >= 0.3 is 0 Å². The van der Waals surface area contributed by atoms with Gasteiger partial charge in [-0.25, -0.2) is 0 Å². The van der Waals surface area contributed by atoms with E-state index in [0.29, 0.717) is 18.6 Å². The molecule has 0 radical (unpaired) electrons. The van der Waals surface area contributed by atoms with Crippen LogP contribution in [0.15, 0.2) is 24.3 Å². The number of morpholine rings is 1. The van der Waals surface area contributed by atoms with E-state index in [1.807, 2.05) is 6.07 Å². The lowest BCUT2D eigenvalue weighted by molar-refractivity contribution is -0.0592. The third-order valence-electron chi connectivity index (χ3n) is 3.83. The Morgan fingerprint density at radius 1 is 1.43 bits per heavy atom. The second kappa shape index (κ2) is 8.19. The highest BCUT2D eigenvalue weighted by Gasteiger charge is 2.25. The molecule has 114 valence electrons. The number of aliphatic hydroxyl groups is 1. The van der Waals surface area contributed by atoms with Gasteiger partial charge < -0.3 is 9.84 Å². The van der Waals surface area contributed by atoms with Crippen LogP contribution in [0.5, 0.6) is 0 Å². The topological polar surface area (TPSA) is 32.7 Å². The molecule has 1 aliphatic rings. The Kier molecular flexibility index (Phi) is 6.25. The van der Waals surface area contributed by atoms with Gasteiger partial charge in [0.1, 0.15) is 0 Å². The van der Waals surface area contributed by atoms with Crippen molar-refractivity contribution in [2.24, 2.45) is 0 Å². The normalized spacial score (nSPS) is 22.6. The molecule has 1 N–H and O–H groups in total. The van der Waals surface area contributed by atoms with Crippen molar-refractivity contribution in [1.82, 2.24) is 4.90 Å². The van der Waals surface area contributed by atoms with Gasteiger partial charge in [0.25, 0.3) is 0 Å². The predicted molar refractivity (Wildman–Crippen MR) is 84.9 cm³/mol. The monoisotopic (exact) mass is 287 g/mol. The van der Waals surface area contributed by atoms with Crippen LogP contribution in [-0.2, 0) is 11.3 Å². The smallest absolute Gasteiger partial charge is 0.0674 e. The molecule has 1 saturated heterocycles. The van der Waals surface area contributed by atoms with E-state index in [-0.39, 0.29) is 6.61 Å². The summed E-state index contributed by atoms with van der Waals surface area (Å²) in [6.45, 7) is 7.23. The van der Waals surface area contributed by atoms with Gasteiger partial charge in [0.15, 0.2) is 0 Å². The molecule has 1 aromatic carbocycles. The maximum Gasteiger partial charge on any atom is 0.0674 e. The van der Waals surface area contributed by atoms with Crippen LogP contribution in [0.25, 0.3) is 0 Å². The summed E-state index contributed by atoms with van der Waals surface area (Å²) >= 11 is 0. The predicted octanol–water partition coefficient (Wildman–Crippen LogP) is 2.42. The minimum absolute atomic E-state index is 0.122. The summed E-state index contributed by atoms with van der Waals surface area (Å²) in [5, 5.41) is 8.78. The zero-order chi connectivity index (χ0) is 15.1. The Labute approximate surface area is 127 Å². The summed E-state index contributed by atoms with van der Waals surface area (Å²) in [5.74, 6) is 6.08. The van der Waals surface area contributed by atoms with Crippen LogP contribution in [-0.4, -0.2) is 41.9 Å². The van der Waals surface area contributed by atoms with E-state index in [0.717, 1.165) is 31.7 Å². The van der Waals surface area contributed by atoms with E-state index in [4.69, 9.17) is 9.84 Å². The van der Waals surface area contributed by atoms with Gasteiger partial charge in [-0.15, -0.1) is 0 Å². The van der Waals surface area contributed by atoms with Crippen LogP contribution in [0, 0.1) is 11.8 Å². The quantitative estimate of drug-likeness (QED) is 0.863. The molecule has 1 heterocycles. The van der Waals surface area contributed by atoms with Crippen molar-refractivity contribution >= 4 is 0 Å². The molecule has 3 heteroatoms. The number of hydrogen-bond donors (Lipinski definition) is 1. The Morgan fingerprint density at radius 2 is 2.29 bits per heavy atom. The molecule has 0 saturated carbocycles. The molecule has 1 aliphatic heterocycles. The molecule has 2 atom stereocenters. The first-order valence-corrected chi connectivity index (χ1v) is 7.77. The maximum absolute atomic E-state index is 8.78. The van der Waals surface area contributed by atoms with E-state index in [2.05, 4.69) is 48.8 Å². The Hall–Kier alpha value is -1.34. The Morgan fingerprint density at radius 3 is 3.05 bits per heavy atom. The van der Waals surface area contributed by atoms with Gasteiger partial charge in [-0.2, -0.15) is 0 Å². The van der Waals surface area contributed by atoms with Gasteiger partial charge in [0.2, 0.25) is 0 Å². The molecular weight excluding hydrogens is 262 g/mol. The first-order valence-electron chi connectivity index (χ1n) is 7.77. The minimum Gasteiger partial charge on any atom is -0.395 e. The lowest BCUT2D eigenvalue weighted by Crippen LogP contribution is -2.47. The van der Waals surface area contributed by atoms with Crippen molar-refractivity contribution in [1.29, 1.82) is 0 Å². The summed E-state index contributed by atoms with van der Waals surface area (Å²) in [5.41, 5.74) is 2.31. The van der Waals surface area contributed by atoms with E-state index < -0.39 is 0 Å². The van der Waals surface area contributed by atoms with Crippen LogP contribution in [0.1, 0.15) is 37.8 Å². The zero-order valence-electron chi connectivity index (χ0n) is 13.0. The van der Waals surface area contributed by atoms with Crippen molar-refractivity contribution in [2.75, 3.05) is 19.8 Å². The van der Waals surface area contributed by atoms with E-state index in [1.165, 1.54) is 5.56 Å². The molecule has 2 unspecified atom stereocenters. The number of hydrogen-bond acceptors (Lipinski definition) is 3. The average molecular weight is 287 g/mol. The SMILES string of the molecule is CCC1COC(C)CN1Cc1cccc(C#CCCO)c1. The molecule has 1 aromatic rings. The highest BCUT2D eigenvalue weighted by molar-refractivity contribution is 5.37. The van der Waals surface area contributed by atoms with Crippen molar-refractivity contribution in [3.8, 4) is 11.8 Å². The van der Waals surface area contributed by atoms with Gasteiger partial charge in [-0.05, 0) is 31.0 Å². The van der Waals surface area contributed by atoms with Crippen molar-refractivity contribution in [3.63, 3.8) is 0 Å². The van der Waals surface area contributed by atoms with E-state index >= 15 is 0 Å². The molecule has 3 nitrogen and oxygen atoms in total. The van der Waals surface area contributed by atoms with Crippen molar-refractivity contribution < 1.29 is 9.84 Å². The van der Waals surface area contributed by atoms with Crippen molar-refractivity contribution in [2.45, 2.75) is 45.4 Å². The second-order valence-corrected chi connectivity index (χ2v) is 5.61.